The maximum atomic E-state index is 11.8. The van der Waals surface area contributed by atoms with Gasteiger partial charge in [0, 0.05) is 23.8 Å². The molecule has 3 nitrogen and oxygen atoms in total. The van der Waals surface area contributed by atoms with Crippen molar-refractivity contribution < 1.29 is 9.90 Å². The van der Waals surface area contributed by atoms with E-state index in [1.54, 1.807) is 18.4 Å². The average Bonchev–Trinajstić information content (AvgIpc) is 2.47. The van der Waals surface area contributed by atoms with Gasteiger partial charge in [-0.05, 0) is 19.4 Å². The lowest BCUT2D eigenvalue weighted by Crippen LogP contribution is -2.29. The molecule has 14 heavy (non-hydrogen) atoms. The number of nitrogens with zero attached hydrogens (tertiary/aromatic N) is 1. The number of aliphatic hydroxyl groups is 1. The molecular formula is C10H15NO2S. The summed E-state index contributed by atoms with van der Waals surface area (Å²) in [4.78, 5) is 14.5. The molecule has 0 saturated heterocycles. The Morgan fingerprint density at radius 2 is 2.21 bits per heavy atom. The van der Waals surface area contributed by atoms with Crippen LogP contribution in [0.2, 0.25) is 0 Å². The molecule has 0 atom stereocenters. The lowest BCUT2D eigenvalue weighted by atomic mass is 10.1. The highest BCUT2D eigenvalue weighted by atomic mass is 32.1. The predicted octanol–water partition coefficient (Wildman–Crippen LogP) is 1.43. The molecule has 1 aromatic heterocycles. The summed E-state index contributed by atoms with van der Waals surface area (Å²) in [5.41, 5.74) is 1.80. The molecule has 0 saturated carbocycles. The van der Waals surface area contributed by atoms with Gasteiger partial charge < -0.3 is 10.0 Å². The first-order valence-corrected chi connectivity index (χ1v) is 5.37. The number of rotatable bonds is 3. The minimum atomic E-state index is -0.0131. The van der Waals surface area contributed by atoms with Gasteiger partial charge in [0.05, 0.1) is 12.2 Å². The zero-order valence-electron chi connectivity index (χ0n) is 8.70. The summed E-state index contributed by atoms with van der Waals surface area (Å²) >= 11 is 1.58. The molecule has 0 aliphatic carbocycles. The van der Waals surface area contributed by atoms with Gasteiger partial charge in [-0.2, -0.15) is 0 Å². The number of aryl methyl sites for hydroxylation is 1. The minimum absolute atomic E-state index is 0.00437. The number of carbonyl (C=O) groups excluding carboxylic acids is 1. The number of aliphatic hydroxyl groups excluding tert-OH is 1. The Kier molecular flexibility index (Phi) is 3.66. The van der Waals surface area contributed by atoms with Gasteiger partial charge in [-0.15, -0.1) is 11.3 Å². The number of likely N-dealkylation sites (N-methyl/N-ethyl adjacent to an activating group) is 1. The lowest BCUT2D eigenvalue weighted by Gasteiger charge is -2.15. The van der Waals surface area contributed by atoms with Gasteiger partial charge in [0.1, 0.15) is 0 Å². The van der Waals surface area contributed by atoms with Gasteiger partial charge in [0.15, 0.2) is 0 Å². The van der Waals surface area contributed by atoms with Crippen molar-refractivity contribution in [1.82, 2.24) is 4.90 Å². The van der Waals surface area contributed by atoms with E-state index in [1.165, 1.54) is 9.78 Å². The highest BCUT2D eigenvalue weighted by Crippen LogP contribution is 2.21. The van der Waals surface area contributed by atoms with Crippen molar-refractivity contribution in [3.05, 3.63) is 21.4 Å². The van der Waals surface area contributed by atoms with Crippen LogP contribution in [0.5, 0.6) is 0 Å². The van der Waals surface area contributed by atoms with Crippen LogP contribution in [-0.4, -0.2) is 36.1 Å². The molecule has 0 fully saturated rings. The monoisotopic (exact) mass is 213 g/mol. The summed E-state index contributed by atoms with van der Waals surface area (Å²) < 4.78 is 0. The summed E-state index contributed by atoms with van der Waals surface area (Å²) in [6.07, 6.45) is 0. The second-order valence-electron chi connectivity index (χ2n) is 3.28. The van der Waals surface area contributed by atoms with Crippen LogP contribution in [0.3, 0.4) is 0 Å². The quantitative estimate of drug-likeness (QED) is 0.825. The zero-order valence-corrected chi connectivity index (χ0v) is 9.52. The highest BCUT2D eigenvalue weighted by molar-refractivity contribution is 7.10. The molecule has 0 aliphatic heterocycles. The van der Waals surface area contributed by atoms with Crippen LogP contribution in [0.15, 0.2) is 5.38 Å². The van der Waals surface area contributed by atoms with Crippen molar-refractivity contribution in [2.24, 2.45) is 0 Å². The molecule has 1 heterocycles. The topological polar surface area (TPSA) is 40.5 Å². The number of carbonyl (C=O) groups is 1. The molecule has 0 radical (unpaired) electrons. The van der Waals surface area contributed by atoms with Gasteiger partial charge in [-0.1, -0.05) is 0 Å². The standard InChI is InChI=1S/C10H15NO2S/c1-7-8(2)14-6-9(7)10(13)11(3)4-5-12/h6,12H,4-5H2,1-3H3. The first-order chi connectivity index (χ1) is 6.57. The molecule has 4 heteroatoms. The van der Waals surface area contributed by atoms with Gasteiger partial charge in [0.2, 0.25) is 0 Å². The first kappa shape index (κ1) is 11.2. The Morgan fingerprint density at radius 3 is 2.64 bits per heavy atom. The zero-order chi connectivity index (χ0) is 10.7. The molecule has 0 unspecified atom stereocenters. The van der Waals surface area contributed by atoms with Crippen molar-refractivity contribution >= 4 is 17.2 Å². The minimum Gasteiger partial charge on any atom is -0.395 e. The van der Waals surface area contributed by atoms with Gasteiger partial charge >= 0.3 is 0 Å². The lowest BCUT2D eigenvalue weighted by molar-refractivity contribution is 0.0767. The van der Waals surface area contributed by atoms with Crippen LogP contribution < -0.4 is 0 Å². The fourth-order valence-electron chi connectivity index (χ4n) is 1.18. The predicted molar refractivity (Wildman–Crippen MR) is 57.8 cm³/mol. The summed E-state index contributed by atoms with van der Waals surface area (Å²) in [6.45, 7) is 4.34. The van der Waals surface area contributed by atoms with E-state index in [-0.39, 0.29) is 12.5 Å². The second-order valence-corrected chi connectivity index (χ2v) is 4.36. The van der Waals surface area contributed by atoms with Crippen LogP contribution in [0.25, 0.3) is 0 Å². The van der Waals surface area contributed by atoms with Crippen LogP contribution in [0.1, 0.15) is 20.8 Å². The number of hydrogen-bond acceptors (Lipinski definition) is 3. The molecule has 78 valence electrons. The molecule has 1 N–H and O–H groups in total. The van der Waals surface area contributed by atoms with Crippen molar-refractivity contribution in [2.75, 3.05) is 20.2 Å². The van der Waals surface area contributed by atoms with Crippen molar-refractivity contribution in [3.63, 3.8) is 0 Å². The van der Waals surface area contributed by atoms with E-state index >= 15 is 0 Å². The van der Waals surface area contributed by atoms with E-state index in [2.05, 4.69) is 0 Å². The summed E-state index contributed by atoms with van der Waals surface area (Å²) in [5.74, 6) is -0.0131. The molecular weight excluding hydrogens is 198 g/mol. The second kappa shape index (κ2) is 4.57. The number of thiophene rings is 1. The smallest absolute Gasteiger partial charge is 0.254 e. The van der Waals surface area contributed by atoms with Crippen LogP contribution in [0.4, 0.5) is 0 Å². The van der Waals surface area contributed by atoms with Gasteiger partial charge in [-0.3, -0.25) is 4.79 Å². The molecule has 0 spiro atoms. The largest absolute Gasteiger partial charge is 0.395 e. The van der Waals surface area contributed by atoms with Crippen LogP contribution in [-0.2, 0) is 0 Å². The number of hydrogen-bond donors (Lipinski definition) is 1. The molecule has 1 aromatic rings. The van der Waals surface area contributed by atoms with Gasteiger partial charge in [0.25, 0.3) is 5.91 Å². The van der Waals surface area contributed by atoms with Crippen molar-refractivity contribution in [1.29, 1.82) is 0 Å². The third-order valence-electron chi connectivity index (χ3n) is 2.30. The fraction of sp³-hybridized carbons (Fsp3) is 0.500. The van der Waals surface area contributed by atoms with Crippen LogP contribution >= 0.6 is 11.3 Å². The molecule has 0 bridgehead atoms. The normalized spacial score (nSPS) is 10.3. The van der Waals surface area contributed by atoms with E-state index in [0.717, 1.165) is 11.1 Å². The summed E-state index contributed by atoms with van der Waals surface area (Å²) in [7, 11) is 1.70. The third kappa shape index (κ3) is 2.13. The average molecular weight is 213 g/mol. The third-order valence-corrected chi connectivity index (χ3v) is 3.31. The van der Waals surface area contributed by atoms with E-state index in [4.69, 9.17) is 5.11 Å². The van der Waals surface area contributed by atoms with Crippen molar-refractivity contribution in [2.45, 2.75) is 13.8 Å². The Labute approximate surface area is 88.0 Å². The maximum absolute atomic E-state index is 11.8. The summed E-state index contributed by atoms with van der Waals surface area (Å²) in [6, 6.07) is 0. The Balaban J connectivity index is 2.84. The van der Waals surface area contributed by atoms with E-state index in [9.17, 15) is 4.79 Å². The van der Waals surface area contributed by atoms with E-state index in [1.807, 2.05) is 19.2 Å². The Bertz CT molecular complexity index is 333. The maximum Gasteiger partial charge on any atom is 0.254 e. The van der Waals surface area contributed by atoms with E-state index < -0.39 is 0 Å². The summed E-state index contributed by atoms with van der Waals surface area (Å²) in [5, 5.41) is 10.6. The molecule has 1 rings (SSSR count). The van der Waals surface area contributed by atoms with Gasteiger partial charge in [-0.25, -0.2) is 0 Å². The SMILES string of the molecule is Cc1scc(C(=O)N(C)CCO)c1C. The van der Waals surface area contributed by atoms with E-state index in [0.29, 0.717) is 6.54 Å². The highest BCUT2D eigenvalue weighted by Gasteiger charge is 2.15. The fourth-order valence-corrected chi connectivity index (χ4v) is 2.04. The molecule has 0 aromatic carbocycles. The van der Waals surface area contributed by atoms with Crippen molar-refractivity contribution in [3.8, 4) is 0 Å². The Hall–Kier alpha value is -0.870. The first-order valence-electron chi connectivity index (χ1n) is 4.49. The molecule has 1 amide bonds. The number of amides is 1. The van der Waals surface area contributed by atoms with Crippen LogP contribution in [0, 0.1) is 13.8 Å². The Morgan fingerprint density at radius 1 is 1.57 bits per heavy atom. The molecule has 0 aliphatic rings.